The predicted molar refractivity (Wildman–Crippen MR) is 108 cm³/mol. The van der Waals surface area contributed by atoms with Crippen molar-refractivity contribution in [2.24, 2.45) is 0 Å². The minimum absolute atomic E-state index is 0.186. The van der Waals surface area contributed by atoms with Crippen LogP contribution in [-0.2, 0) is 9.53 Å². The number of pyridine rings is 1. The van der Waals surface area contributed by atoms with Crippen LogP contribution in [0.4, 0.5) is 5.82 Å². The molecule has 1 N–H and O–H groups in total. The summed E-state index contributed by atoms with van der Waals surface area (Å²) in [5.41, 5.74) is 0.480. The molecule has 2 heterocycles. The topological polar surface area (TPSA) is 74.8 Å². The van der Waals surface area contributed by atoms with E-state index < -0.39 is 0 Å². The number of carbonyl (C=O) groups is 2. The fourth-order valence-electron chi connectivity index (χ4n) is 3.92. The van der Waals surface area contributed by atoms with Crippen LogP contribution in [0, 0.1) is 0 Å². The van der Waals surface area contributed by atoms with E-state index in [0.29, 0.717) is 24.6 Å². The zero-order chi connectivity index (χ0) is 19.8. The summed E-state index contributed by atoms with van der Waals surface area (Å²) in [5, 5.41) is 3.19. The molecule has 7 nitrogen and oxygen atoms in total. The van der Waals surface area contributed by atoms with E-state index in [1.165, 1.54) is 19.3 Å². The first-order valence-electron chi connectivity index (χ1n) is 10.6. The van der Waals surface area contributed by atoms with Crippen molar-refractivity contribution >= 4 is 17.7 Å². The van der Waals surface area contributed by atoms with Gasteiger partial charge < -0.3 is 15.0 Å². The van der Waals surface area contributed by atoms with Gasteiger partial charge in [0.2, 0.25) is 5.91 Å². The standard InChI is InChI=1S/C21H32N4O3/c1-2-28-21(27)17-8-9-19(22-16-17)25-14-12-24(13-15-25)11-10-20(26)23-18-6-4-3-5-7-18/h8-9,16,18H,2-7,10-15H2,1H3,(H,23,26). The summed E-state index contributed by atoms with van der Waals surface area (Å²) in [5.74, 6) is 0.728. The lowest BCUT2D eigenvalue weighted by Crippen LogP contribution is -2.48. The van der Waals surface area contributed by atoms with Crippen LogP contribution in [-0.4, -0.2) is 67.1 Å². The van der Waals surface area contributed by atoms with E-state index in [-0.39, 0.29) is 11.9 Å². The average Bonchev–Trinajstić information content (AvgIpc) is 2.74. The molecule has 0 atom stereocenters. The zero-order valence-electron chi connectivity index (χ0n) is 16.9. The highest BCUT2D eigenvalue weighted by Crippen LogP contribution is 2.18. The van der Waals surface area contributed by atoms with Crippen LogP contribution >= 0.6 is 0 Å². The van der Waals surface area contributed by atoms with E-state index in [9.17, 15) is 9.59 Å². The summed E-state index contributed by atoms with van der Waals surface area (Å²) < 4.78 is 4.99. The Balaban J connectivity index is 1.38. The monoisotopic (exact) mass is 388 g/mol. The molecule has 1 aromatic heterocycles. The molecule has 0 bridgehead atoms. The molecule has 1 aromatic rings. The molecular formula is C21H32N4O3. The molecule has 1 saturated heterocycles. The minimum atomic E-state index is -0.335. The van der Waals surface area contributed by atoms with Gasteiger partial charge >= 0.3 is 5.97 Å². The fourth-order valence-corrected chi connectivity index (χ4v) is 3.92. The van der Waals surface area contributed by atoms with Crippen molar-refractivity contribution in [2.75, 3.05) is 44.2 Å². The van der Waals surface area contributed by atoms with Crippen molar-refractivity contribution in [3.63, 3.8) is 0 Å². The Hall–Kier alpha value is -2.15. The molecule has 28 heavy (non-hydrogen) atoms. The number of ether oxygens (including phenoxy) is 1. The number of nitrogens with zero attached hydrogens (tertiary/aromatic N) is 3. The molecule has 1 aliphatic carbocycles. The number of esters is 1. The van der Waals surface area contributed by atoms with Crippen molar-refractivity contribution in [1.82, 2.24) is 15.2 Å². The molecule has 154 valence electrons. The average molecular weight is 389 g/mol. The normalized spacial score (nSPS) is 18.7. The third-order valence-electron chi connectivity index (χ3n) is 5.58. The van der Waals surface area contributed by atoms with Crippen molar-refractivity contribution < 1.29 is 14.3 Å². The van der Waals surface area contributed by atoms with Crippen LogP contribution in [0.3, 0.4) is 0 Å². The molecular weight excluding hydrogens is 356 g/mol. The van der Waals surface area contributed by atoms with Gasteiger partial charge in [0, 0.05) is 51.4 Å². The van der Waals surface area contributed by atoms with Crippen LogP contribution in [0.2, 0.25) is 0 Å². The minimum Gasteiger partial charge on any atom is -0.462 e. The second-order valence-corrected chi connectivity index (χ2v) is 7.61. The largest absolute Gasteiger partial charge is 0.462 e. The van der Waals surface area contributed by atoms with Crippen molar-refractivity contribution in [1.29, 1.82) is 0 Å². The SMILES string of the molecule is CCOC(=O)c1ccc(N2CCN(CCC(=O)NC3CCCCC3)CC2)nc1. The van der Waals surface area contributed by atoms with E-state index in [4.69, 9.17) is 4.74 Å². The highest BCUT2D eigenvalue weighted by Gasteiger charge is 2.20. The number of nitrogens with one attached hydrogen (secondary N) is 1. The highest BCUT2D eigenvalue weighted by atomic mass is 16.5. The van der Waals surface area contributed by atoms with Crippen molar-refractivity contribution in [3.8, 4) is 0 Å². The maximum atomic E-state index is 12.2. The molecule has 7 heteroatoms. The van der Waals surface area contributed by atoms with E-state index in [1.54, 1.807) is 19.2 Å². The first-order valence-corrected chi connectivity index (χ1v) is 10.6. The Labute approximate surface area is 167 Å². The molecule has 1 saturated carbocycles. The third kappa shape index (κ3) is 5.92. The summed E-state index contributed by atoms with van der Waals surface area (Å²) in [6.07, 6.45) is 8.19. The van der Waals surface area contributed by atoms with Gasteiger partial charge in [0.1, 0.15) is 5.82 Å². The van der Waals surface area contributed by atoms with E-state index in [2.05, 4.69) is 20.1 Å². The zero-order valence-corrected chi connectivity index (χ0v) is 16.9. The van der Waals surface area contributed by atoms with Gasteiger partial charge in [-0.1, -0.05) is 19.3 Å². The van der Waals surface area contributed by atoms with Crippen LogP contribution < -0.4 is 10.2 Å². The first kappa shape index (κ1) is 20.6. The van der Waals surface area contributed by atoms with Gasteiger partial charge in [-0.25, -0.2) is 9.78 Å². The molecule has 2 aliphatic rings. The molecule has 0 unspecified atom stereocenters. The predicted octanol–water partition coefficient (Wildman–Crippen LogP) is 2.22. The Morgan fingerprint density at radius 2 is 1.89 bits per heavy atom. The molecule has 0 radical (unpaired) electrons. The highest BCUT2D eigenvalue weighted by molar-refractivity contribution is 5.89. The van der Waals surface area contributed by atoms with E-state index in [0.717, 1.165) is 51.4 Å². The lowest BCUT2D eigenvalue weighted by Gasteiger charge is -2.35. The van der Waals surface area contributed by atoms with E-state index in [1.807, 2.05) is 6.07 Å². The summed E-state index contributed by atoms with van der Waals surface area (Å²) in [6.45, 7) is 6.53. The van der Waals surface area contributed by atoms with Crippen LogP contribution in [0.15, 0.2) is 18.3 Å². The second kappa shape index (κ2) is 10.4. The summed E-state index contributed by atoms with van der Waals surface area (Å²) in [4.78, 5) is 32.9. The number of rotatable bonds is 7. The Bertz CT molecular complexity index is 636. The number of aromatic nitrogens is 1. The van der Waals surface area contributed by atoms with Crippen LogP contribution in [0.25, 0.3) is 0 Å². The molecule has 0 aromatic carbocycles. The summed E-state index contributed by atoms with van der Waals surface area (Å²) in [7, 11) is 0. The van der Waals surface area contributed by atoms with Gasteiger partial charge in [0.15, 0.2) is 0 Å². The number of anilines is 1. The van der Waals surface area contributed by atoms with Gasteiger partial charge in [-0.15, -0.1) is 0 Å². The van der Waals surface area contributed by atoms with Crippen molar-refractivity contribution in [3.05, 3.63) is 23.9 Å². The molecule has 1 aliphatic heterocycles. The summed E-state index contributed by atoms with van der Waals surface area (Å²) in [6, 6.07) is 4.03. The summed E-state index contributed by atoms with van der Waals surface area (Å²) >= 11 is 0. The Kier molecular flexibility index (Phi) is 7.65. The molecule has 1 amide bonds. The number of amides is 1. The lowest BCUT2D eigenvalue weighted by molar-refractivity contribution is -0.122. The molecule has 0 spiro atoms. The smallest absolute Gasteiger partial charge is 0.339 e. The Morgan fingerprint density at radius 1 is 1.14 bits per heavy atom. The first-order chi connectivity index (χ1) is 13.7. The number of carbonyl (C=O) groups excluding carboxylic acids is 2. The molecule has 3 rings (SSSR count). The van der Waals surface area contributed by atoms with Gasteiger partial charge in [0.05, 0.1) is 12.2 Å². The maximum Gasteiger partial charge on any atom is 0.339 e. The Morgan fingerprint density at radius 3 is 2.54 bits per heavy atom. The lowest BCUT2D eigenvalue weighted by atomic mass is 9.95. The number of hydrogen-bond donors (Lipinski definition) is 1. The fraction of sp³-hybridized carbons (Fsp3) is 0.667. The van der Waals surface area contributed by atoms with Gasteiger partial charge in [-0.2, -0.15) is 0 Å². The van der Waals surface area contributed by atoms with E-state index >= 15 is 0 Å². The molecule has 2 fully saturated rings. The van der Waals surface area contributed by atoms with Crippen LogP contribution in [0.5, 0.6) is 0 Å². The quantitative estimate of drug-likeness (QED) is 0.722. The number of piperazine rings is 1. The van der Waals surface area contributed by atoms with Gasteiger partial charge in [-0.3, -0.25) is 9.69 Å². The van der Waals surface area contributed by atoms with Crippen molar-refractivity contribution in [2.45, 2.75) is 51.5 Å². The number of hydrogen-bond acceptors (Lipinski definition) is 6. The van der Waals surface area contributed by atoms with Gasteiger partial charge in [-0.05, 0) is 31.9 Å². The maximum absolute atomic E-state index is 12.2. The third-order valence-corrected chi connectivity index (χ3v) is 5.58. The van der Waals surface area contributed by atoms with Crippen LogP contribution in [0.1, 0.15) is 55.8 Å². The van der Waals surface area contributed by atoms with Gasteiger partial charge in [0.25, 0.3) is 0 Å². The second-order valence-electron chi connectivity index (χ2n) is 7.61.